The maximum absolute atomic E-state index is 13.0. The maximum atomic E-state index is 13.0. The number of carbonyl (C=O) groups is 1. The first-order chi connectivity index (χ1) is 11.4. The third-order valence-electron chi connectivity index (χ3n) is 5.49. The summed E-state index contributed by atoms with van der Waals surface area (Å²) < 4.78 is 29.4. The van der Waals surface area contributed by atoms with Gasteiger partial charge in [-0.25, -0.2) is 8.42 Å². The highest BCUT2D eigenvalue weighted by Crippen LogP contribution is 2.32. The highest BCUT2D eigenvalue weighted by molar-refractivity contribution is 7.89. The zero-order chi connectivity index (χ0) is 17.5. The second-order valence-electron chi connectivity index (χ2n) is 6.79. The van der Waals surface area contributed by atoms with Crippen molar-refractivity contribution in [3.8, 4) is 0 Å². The predicted molar refractivity (Wildman–Crippen MR) is 89.9 cm³/mol. The van der Waals surface area contributed by atoms with Crippen LogP contribution < -0.4 is 0 Å². The van der Waals surface area contributed by atoms with Crippen molar-refractivity contribution in [3.63, 3.8) is 0 Å². The molecule has 134 valence electrons. The van der Waals surface area contributed by atoms with Crippen LogP contribution in [0.1, 0.15) is 38.3 Å². The molecular formula is C16H26N4O3S. The van der Waals surface area contributed by atoms with Crippen LogP contribution in [0.25, 0.3) is 0 Å². The van der Waals surface area contributed by atoms with Crippen molar-refractivity contribution in [2.45, 2.75) is 57.0 Å². The van der Waals surface area contributed by atoms with Gasteiger partial charge in [-0.05, 0) is 39.0 Å². The van der Waals surface area contributed by atoms with E-state index in [1.165, 1.54) is 6.20 Å². The first kappa shape index (κ1) is 17.4. The van der Waals surface area contributed by atoms with E-state index < -0.39 is 10.0 Å². The van der Waals surface area contributed by atoms with Crippen LogP contribution in [-0.2, 0) is 21.4 Å². The Morgan fingerprint density at radius 3 is 2.75 bits per heavy atom. The van der Waals surface area contributed by atoms with Crippen LogP contribution in [-0.4, -0.2) is 59.5 Å². The van der Waals surface area contributed by atoms with Crippen molar-refractivity contribution >= 4 is 15.9 Å². The number of aryl methyl sites for hydroxylation is 1. The zero-order valence-electron chi connectivity index (χ0n) is 14.6. The highest BCUT2D eigenvalue weighted by atomic mass is 32.2. The standard InChI is InChI=1S/C16H26N4O3S/c1-4-20-12(2)15(10-17-20)24(22,23)19-9-8-14-13(11-19)6-5-7-16(21)18(14)3/h10,13-14H,4-9,11H2,1-3H3/t13-,14+/m0/s1. The average molecular weight is 354 g/mol. The van der Waals surface area contributed by atoms with E-state index in [1.807, 2.05) is 18.9 Å². The number of fused-ring (bicyclic) bond motifs is 1. The van der Waals surface area contributed by atoms with Crippen molar-refractivity contribution in [2.75, 3.05) is 20.1 Å². The summed E-state index contributed by atoms with van der Waals surface area (Å²) in [6.45, 7) is 5.34. The number of hydrogen-bond donors (Lipinski definition) is 0. The molecule has 2 aliphatic heterocycles. The van der Waals surface area contributed by atoms with E-state index in [1.54, 1.807) is 15.9 Å². The number of amides is 1. The lowest BCUT2D eigenvalue weighted by Gasteiger charge is -2.40. The third-order valence-corrected chi connectivity index (χ3v) is 7.46. The number of piperidine rings is 1. The number of hydrogen-bond acceptors (Lipinski definition) is 4. The van der Waals surface area contributed by atoms with Crippen LogP contribution in [0, 0.1) is 12.8 Å². The van der Waals surface area contributed by atoms with Crippen LogP contribution in [0.3, 0.4) is 0 Å². The minimum absolute atomic E-state index is 0.158. The number of rotatable bonds is 3. The van der Waals surface area contributed by atoms with Gasteiger partial charge in [0.25, 0.3) is 0 Å². The molecule has 0 unspecified atom stereocenters. The molecule has 2 atom stereocenters. The van der Waals surface area contributed by atoms with Crippen LogP contribution in [0.2, 0.25) is 0 Å². The van der Waals surface area contributed by atoms with Crippen LogP contribution in [0.4, 0.5) is 0 Å². The van der Waals surface area contributed by atoms with Gasteiger partial charge < -0.3 is 4.90 Å². The average Bonchev–Trinajstić information content (AvgIpc) is 2.88. The van der Waals surface area contributed by atoms with Gasteiger partial charge >= 0.3 is 0 Å². The number of likely N-dealkylation sites (tertiary alicyclic amines) is 1. The summed E-state index contributed by atoms with van der Waals surface area (Å²) in [5, 5.41) is 4.17. The number of nitrogens with zero attached hydrogens (tertiary/aromatic N) is 4. The lowest BCUT2D eigenvalue weighted by molar-refractivity contribution is -0.132. The van der Waals surface area contributed by atoms with Gasteiger partial charge in [-0.15, -0.1) is 0 Å². The number of aromatic nitrogens is 2. The first-order valence-electron chi connectivity index (χ1n) is 8.64. The second kappa shape index (κ2) is 6.48. The molecule has 8 heteroatoms. The molecule has 0 radical (unpaired) electrons. The van der Waals surface area contributed by atoms with Gasteiger partial charge in [0.05, 0.1) is 11.9 Å². The zero-order valence-corrected chi connectivity index (χ0v) is 15.4. The van der Waals surface area contributed by atoms with Gasteiger partial charge in [-0.1, -0.05) is 0 Å². The molecule has 0 N–H and O–H groups in total. The fourth-order valence-electron chi connectivity index (χ4n) is 4.02. The van der Waals surface area contributed by atoms with E-state index in [4.69, 9.17) is 0 Å². The summed E-state index contributed by atoms with van der Waals surface area (Å²) in [5.41, 5.74) is 0.688. The molecule has 3 rings (SSSR count). The molecule has 0 spiro atoms. The summed E-state index contributed by atoms with van der Waals surface area (Å²) in [6, 6.07) is 0.158. The van der Waals surface area contributed by atoms with Gasteiger partial charge in [0.15, 0.2) is 0 Å². The fraction of sp³-hybridized carbons (Fsp3) is 0.750. The van der Waals surface area contributed by atoms with Crippen molar-refractivity contribution < 1.29 is 13.2 Å². The number of carbonyl (C=O) groups excluding carboxylic acids is 1. The third kappa shape index (κ3) is 2.86. The molecule has 0 saturated carbocycles. The predicted octanol–water partition coefficient (Wildman–Crippen LogP) is 1.23. The molecule has 1 aromatic heterocycles. The Balaban J connectivity index is 1.83. The van der Waals surface area contributed by atoms with Crippen molar-refractivity contribution in [2.24, 2.45) is 5.92 Å². The SMILES string of the molecule is CCn1ncc(S(=O)(=O)N2CC[C@@H]3[C@@H](CCCC(=O)N3C)C2)c1C. The first-order valence-corrected chi connectivity index (χ1v) is 10.1. The Bertz CT molecular complexity index is 728. The molecule has 2 fully saturated rings. The Hall–Kier alpha value is -1.41. The monoisotopic (exact) mass is 354 g/mol. The summed E-state index contributed by atoms with van der Waals surface area (Å²) in [6.07, 6.45) is 4.47. The molecule has 0 aliphatic carbocycles. The molecule has 2 saturated heterocycles. The maximum Gasteiger partial charge on any atom is 0.246 e. The molecule has 0 bridgehead atoms. The quantitative estimate of drug-likeness (QED) is 0.818. The summed E-state index contributed by atoms with van der Waals surface area (Å²) in [7, 11) is -1.68. The normalized spacial score (nSPS) is 26.3. The van der Waals surface area contributed by atoms with E-state index in [-0.39, 0.29) is 17.9 Å². The minimum Gasteiger partial charge on any atom is -0.342 e. The molecule has 1 aromatic rings. The van der Waals surface area contributed by atoms with E-state index in [0.29, 0.717) is 43.1 Å². The van der Waals surface area contributed by atoms with Crippen molar-refractivity contribution in [1.29, 1.82) is 0 Å². The minimum atomic E-state index is -3.53. The Kier molecular flexibility index (Phi) is 4.70. The molecule has 2 aliphatic rings. The molecular weight excluding hydrogens is 328 g/mol. The molecule has 7 nitrogen and oxygen atoms in total. The van der Waals surface area contributed by atoms with E-state index in [2.05, 4.69) is 5.10 Å². The Labute approximate surface area is 143 Å². The fourth-order valence-corrected chi connectivity index (χ4v) is 5.69. The topological polar surface area (TPSA) is 75.5 Å². The highest BCUT2D eigenvalue weighted by Gasteiger charge is 2.40. The van der Waals surface area contributed by atoms with Crippen LogP contribution in [0.5, 0.6) is 0 Å². The van der Waals surface area contributed by atoms with E-state index in [9.17, 15) is 13.2 Å². The van der Waals surface area contributed by atoms with E-state index >= 15 is 0 Å². The van der Waals surface area contributed by atoms with Gasteiger partial charge in [0.1, 0.15) is 4.90 Å². The van der Waals surface area contributed by atoms with Gasteiger partial charge in [-0.3, -0.25) is 9.48 Å². The molecule has 1 amide bonds. The van der Waals surface area contributed by atoms with E-state index in [0.717, 1.165) is 12.8 Å². The summed E-state index contributed by atoms with van der Waals surface area (Å²) in [4.78, 5) is 14.2. The van der Waals surface area contributed by atoms with Crippen molar-refractivity contribution in [1.82, 2.24) is 19.0 Å². The Morgan fingerprint density at radius 1 is 1.33 bits per heavy atom. The van der Waals surface area contributed by atoms with Crippen LogP contribution >= 0.6 is 0 Å². The smallest absolute Gasteiger partial charge is 0.246 e. The summed E-state index contributed by atoms with van der Waals surface area (Å²) in [5.74, 6) is 0.394. The summed E-state index contributed by atoms with van der Waals surface area (Å²) >= 11 is 0. The lowest BCUT2D eigenvalue weighted by Crippen LogP contribution is -2.51. The van der Waals surface area contributed by atoms with Gasteiger partial charge in [0.2, 0.25) is 15.9 Å². The van der Waals surface area contributed by atoms with Crippen LogP contribution in [0.15, 0.2) is 11.1 Å². The molecule has 24 heavy (non-hydrogen) atoms. The van der Waals surface area contributed by atoms with Crippen molar-refractivity contribution in [3.05, 3.63) is 11.9 Å². The Morgan fingerprint density at radius 2 is 2.08 bits per heavy atom. The second-order valence-corrected chi connectivity index (χ2v) is 8.69. The van der Waals surface area contributed by atoms with Gasteiger partial charge in [0, 0.05) is 39.1 Å². The van der Waals surface area contributed by atoms with Gasteiger partial charge in [-0.2, -0.15) is 9.40 Å². The largest absolute Gasteiger partial charge is 0.342 e. The molecule has 3 heterocycles. The molecule has 0 aromatic carbocycles. The number of sulfonamides is 1. The lowest BCUT2D eigenvalue weighted by atomic mass is 9.89.